The Kier molecular flexibility index (Phi) is 3.86. The van der Waals surface area contributed by atoms with Crippen LogP contribution in [0.4, 0.5) is 10.1 Å². The Balaban J connectivity index is 3.16. The number of carboxylic acids is 1. The van der Waals surface area contributed by atoms with E-state index in [0.717, 1.165) is 12.1 Å². The minimum Gasteiger partial charge on any atom is -0.478 e. The van der Waals surface area contributed by atoms with Gasteiger partial charge in [0, 0.05) is 5.69 Å². The molecule has 0 aliphatic rings. The van der Waals surface area contributed by atoms with Gasteiger partial charge in [-0.05, 0) is 19.2 Å². The molecule has 16 heavy (non-hydrogen) atoms. The SMILES string of the molecule is CNCC#Cc1cc(C(=O)O)c(N)cc1F. The Morgan fingerprint density at radius 2 is 2.31 bits per heavy atom. The van der Waals surface area contributed by atoms with Crippen LogP contribution in [0.3, 0.4) is 0 Å². The van der Waals surface area contributed by atoms with Crippen LogP contribution in [0.1, 0.15) is 15.9 Å². The number of hydrogen-bond donors (Lipinski definition) is 3. The highest BCUT2D eigenvalue weighted by atomic mass is 19.1. The molecular weight excluding hydrogens is 211 g/mol. The predicted molar refractivity (Wildman–Crippen MR) is 58.6 cm³/mol. The fourth-order valence-electron chi connectivity index (χ4n) is 1.10. The second-order valence-corrected chi connectivity index (χ2v) is 3.06. The highest BCUT2D eigenvalue weighted by Crippen LogP contribution is 2.17. The molecule has 0 saturated heterocycles. The van der Waals surface area contributed by atoms with E-state index in [1.165, 1.54) is 0 Å². The van der Waals surface area contributed by atoms with Gasteiger partial charge in [-0.15, -0.1) is 0 Å². The normalized spacial score (nSPS) is 9.38. The largest absolute Gasteiger partial charge is 0.478 e. The van der Waals surface area contributed by atoms with Crippen molar-refractivity contribution in [2.45, 2.75) is 0 Å². The first-order valence-electron chi connectivity index (χ1n) is 4.52. The van der Waals surface area contributed by atoms with Crippen molar-refractivity contribution >= 4 is 11.7 Å². The number of nitrogen functional groups attached to an aromatic ring is 1. The number of nitrogens with one attached hydrogen (secondary N) is 1. The number of carboxylic acid groups (broad SMARTS) is 1. The highest BCUT2D eigenvalue weighted by Gasteiger charge is 2.11. The topological polar surface area (TPSA) is 75.3 Å². The molecule has 1 rings (SSSR count). The molecule has 84 valence electrons. The first-order valence-corrected chi connectivity index (χ1v) is 4.52. The predicted octanol–water partition coefficient (Wildman–Crippen LogP) is 0.677. The van der Waals surface area contributed by atoms with E-state index in [1.54, 1.807) is 7.05 Å². The second kappa shape index (κ2) is 5.14. The van der Waals surface area contributed by atoms with Crippen LogP contribution in [0, 0.1) is 17.7 Å². The fraction of sp³-hybridized carbons (Fsp3) is 0.182. The van der Waals surface area contributed by atoms with Crippen molar-refractivity contribution in [2.75, 3.05) is 19.3 Å². The molecule has 0 fully saturated rings. The van der Waals surface area contributed by atoms with Gasteiger partial charge < -0.3 is 16.2 Å². The lowest BCUT2D eigenvalue weighted by Crippen LogP contribution is -2.06. The molecule has 0 aromatic heterocycles. The van der Waals surface area contributed by atoms with Crippen LogP contribution in [-0.2, 0) is 0 Å². The lowest BCUT2D eigenvalue weighted by Gasteiger charge is -2.02. The number of hydrogen-bond acceptors (Lipinski definition) is 3. The van der Waals surface area contributed by atoms with Gasteiger partial charge in [0.2, 0.25) is 0 Å². The van der Waals surface area contributed by atoms with E-state index in [9.17, 15) is 9.18 Å². The monoisotopic (exact) mass is 222 g/mol. The molecule has 4 nitrogen and oxygen atoms in total. The number of carbonyl (C=O) groups is 1. The van der Waals surface area contributed by atoms with Crippen molar-refractivity contribution in [1.82, 2.24) is 5.32 Å². The number of nitrogens with two attached hydrogens (primary N) is 1. The van der Waals surface area contributed by atoms with Crippen LogP contribution in [0.25, 0.3) is 0 Å². The quantitative estimate of drug-likeness (QED) is 0.508. The number of rotatable bonds is 2. The van der Waals surface area contributed by atoms with E-state index in [0.29, 0.717) is 6.54 Å². The molecule has 1 aromatic carbocycles. The smallest absolute Gasteiger partial charge is 0.337 e. The lowest BCUT2D eigenvalue weighted by atomic mass is 10.1. The number of halogens is 1. The van der Waals surface area contributed by atoms with Crippen molar-refractivity contribution in [2.24, 2.45) is 0 Å². The summed E-state index contributed by atoms with van der Waals surface area (Å²) in [5.74, 6) is 3.35. The maximum Gasteiger partial charge on any atom is 0.337 e. The van der Waals surface area contributed by atoms with E-state index in [1.807, 2.05) is 0 Å². The van der Waals surface area contributed by atoms with Crippen molar-refractivity contribution in [3.63, 3.8) is 0 Å². The van der Waals surface area contributed by atoms with Gasteiger partial charge in [0.25, 0.3) is 0 Å². The fourth-order valence-corrected chi connectivity index (χ4v) is 1.10. The zero-order valence-electron chi connectivity index (χ0n) is 8.67. The molecule has 4 N–H and O–H groups in total. The Morgan fingerprint density at radius 3 is 2.88 bits per heavy atom. The van der Waals surface area contributed by atoms with Gasteiger partial charge in [0.05, 0.1) is 17.7 Å². The molecule has 0 unspecified atom stereocenters. The Bertz CT molecular complexity index is 475. The summed E-state index contributed by atoms with van der Waals surface area (Å²) in [6, 6.07) is 2.10. The zero-order valence-corrected chi connectivity index (χ0v) is 8.67. The third-order valence-corrected chi connectivity index (χ3v) is 1.86. The van der Waals surface area contributed by atoms with E-state index < -0.39 is 11.8 Å². The summed E-state index contributed by atoms with van der Waals surface area (Å²) in [7, 11) is 1.71. The number of benzene rings is 1. The van der Waals surface area contributed by atoms with E-state index in [4.69, 9.17) is 10.8 Å². The van der Waals surface area contributed by atoms with E-state index in [2.05, 4.69) is 17.2 Å². The van der Waals surface area contributed by atoms with Gasteiger partial charge in [-0.3, -0.25) is 0 Å². The Hall–Kier alpha value is -2.06. The Labute approximate surface area is 92.3 Å². The van der Waals surface area contributed by atoms with Gasteiger partial charge in [-0.25, -0.2) is 9.18 Å². The molecule has 0 aliphatic heterocycles. The molecule has 0 bridgehead atoms. The summed E-state index contributed by atoms with van der Waals surface area (Å²) in [5, 5.41) is 11.6. The van der Waals surface area contributed by atoms with Crippen LogP contribution >= 0.6 is 0 Å². The minimum absolute atomic E-state index is 0.0295. The molecule has 0 radical (unpaired) electrons. The summed E-state index contributed by atoms with van der Waals surface area (Å²) in [6.45, 7) is 0.395. The van der Waals surface area contributed by atoms with E-state index >= 15 is 0 Å². The summed E-state index contributed by atoms with van der Waals surface area (Å²) >= 11 is 0. The maximum absolute atomic E-state index is 13.3. The average molecular weight is 222 g/mol. The third kappa shape index (κ3) is 2.72. The van der Waals surface area contributed by atoms with Crippen LogP contribution in [0.5, 0.6) is 0 Å². The lowest BCUT2D eigenvalue weighted by molar-refractivity contribution is 0.0698. The van der Waals surface area contributed by atoms with Gasteiger partial charge in [-0.1, -0.05) is 11.8 Å². The Morgan fingerprint density at radius 1 is 1.62 bits per heavy atom. The summed E-state index contributed by atoms with van der Waals surface area (Å²) in [4.78, 5) is 10.8. The van der Waals surface area contributed by atoms with Crippen molar-refractivity contribution < 1.29 is 14.3 Å². The molecule has 0 aliphatic carbocycles. The molecule has 1 aromatic rings. The van der Waals surface area contributed by atoms with Crippen LogP contribution < -0.4 is 11.1 Å². The van der Waals surface area contributed by atoms with Crippen LogP contribution in [0.2, 0.25) is 0 Å². The first-order chi connectivity index (χ1) is 7.56. The van der Waals surface area contributed by atoms with Gasteiger partial charge in [-0.2, -0.15) is 0 Å². The molecule has 0 spiro atoms. The van der Waals surface area contributed by atoms with Gasteiger partial charge in [0.1, 0.15) is 5.82 Å². The summed E-state index contributed by atoms with van der Waals surface area (Å²) < 4.78 is 13.3. The zero-order chi connectivity index (χ0) is 12.1. The van der Waals surface area contributed by atoms with Crippen LogP contribution in [-0.4, -0.2) is 24.7 Å². The van der Waals surface area contributed by atoms with Gasteiger partial charge >= 0.3 is 5.97 Å². The molecule has 5 heteroatoms. The summed E-state index contributed by atoms with van der Waals surface area (Å²) in [5.41, 5.74) is 5.14. The molecule has 0 heterocycles. The van der Waals surface area contributed by atoms with Crippen molar-refractivity contribution in [3.8, 4) is 11.8 Å². The van der Waals surface area contributed by atoms with Gasteiger partial charge in [0.15, 0.2) is 0 Å². The molecule has 0 saturated carbocycles. The summed E-state index contributed by atoms with van der Waals surface area (Å²) in [6.07, 6.45) is 0. The molecular formula is C11H11FN2O2. The minimum atomic E-state index is -1.20. The maximum atomic E-state index is 13.3. The van der Waals surface area contributed by atoms with Crippen molar-refractivity contribution in [3.05, 3.63) is 29.1 Å². The highest BCUT2D eigenvalue weighted by molar-refractivity contribution is 5.94. The van der Waals surface area contributed by atoms with Crippen LogP contribution in [0.15, 0.2) is 12.1 Å². The second-order valence-electron chi connectivity index (χ2n) is 3.06. The number of anilines is 1. The number of aromatic carboxylic acids is 1. The van der Waals surface area contributed by atoms with E-state index in [-0.39, 0.29) is 16.8 Å². The first kappa shape index (κ1) is 12.0. The standard InChI is InChI=1S/C11H11FN2O2/c1-14-4-2-3-7-5-8(11(15)16)10(13)6-9(7)12/h5-6,14H,4,13H2,1H3,(H,15,16). The average Bonchev–Trinajstić information content (AvgIpc) is 2.21. The molecule has 0 atom stereocenters. The van der Waals surface area contributed by atoms with Crippen molar-refractivity contribution in [1.29, 1.82) is 0 Å². The third-order valence-electron chi connectivity index (χ3n) is 1.86. The molecule has 0 amide bonds.